The summed E-state index contributed by atoms with van der Waals surface area (Å²) < 4.78 is 5.12. The van der Waals surface area contributed by atoms with Gasteiger partial charge in [-0.1, -0.05) is 27.7 Å². The van der Waals surface area contributed by atoms with E-state index < -0.39 is 0 Å². The molecule has 0 amide bonds. The average Bonchev–Trinajstić information content (AvgIpc) is 2.24. The molecule has 0 aromatic rings. The Balaban J connectivity index is 3.32. The van der Waals surface area contributed by atoms with Crippen molar-refractivity contribution in [1.82, 2.24) is 10.6 Å². The third kappa shape index (κ3) is 12.1. The van der Waals surface area contributed by atoms with Gasteiger partial charge in [-0.3, -0.25) is 0 Å². The molecule has 2 N–H and O–H groups in total. The predicted molar refractivity (Wildman–Crippen MR) is 75.5 cm³/mol. The van der Waals surface area contributed by atoms with E-state index in [4.69, 9.17) is 4.74 Å². The second kappa shape index (κ2) is 9.86. The molecule has 0 aliphatic heterocycles. The van der Waals surface area contributed by atoms with Gasteiger partial charge in [-0.25, -0.2) is 0 Å². The van der Waals surface area contributed by atoms with E-state index in [2.05, 4.69) is 38.3 Å². The largest absolute Gasteiger partial charge is 0.385 e. The Kier molecular flexibility index (Phi) is 9.79. The first kappa shape index (κ1) is 16.9. The van der Waals surface area contributed by atoms with Crippen molar-refractivity contribution in [1.29, 1.82) is 0 Å². The molecular weight excluding hydrogens is 212 g/mol. The summed E-state index contributed by atoms with van der Waals surface area (Å²) in [6.07, 6.45) is 3.62. The molecule has 3 heteroatoms. The molecule has 0 aliphatic carbocycles. The number of rotatable bonds is 11. The Bertz CT molecular complexity index is 170. The first-order chi connectivity index (χ1) is 7.98. The van der Waals surface area contributed by atoms with Gasteiger partial charge in [-0.15, -0.1) is 0 Å². The molecule has 0 aromatic heterocycles. The standard InChI is InChI=1S/C14H32N2O/c1-13(2)16-10-7-6-9-15-12-14(3,4)8-11-17-5/h13,15-16H,6-12H2,1-5H3. The number of methoxy groups -OCH3 is 1. The Labute approximate surface area is 108 Å². The summed E-state index contributed by atoms with van der Waals surface area (Å²) in [6.45, 7) is 13.1. The van der Waals surface area contributed by atoms with E-state index >= 15 is 0 Å². The summed E-state index contributed by atoms with van der Waals surface area (Å²) >= 11 is 0. The van der Waals surface area contributed by atoms with Crippen LogP contribution >= 0.6 is 0 Å². The van der Waals surface area contributed by atoms with Crippen molar-refractivity contribution in [2.45, 2.75) is 53.0 Å². The maximum Gasteiger partial charge on any atom is 0.0467 e. The molecule has 0 saturated carbocycles. The molecule has 0 saturated heterocycles. The minimum atomic E-state index is 0.339. The fraction of sp³-hybridized carbons (Fsp3) is 1.00. The summed E-state index contributed by atoms with van der Waals surface area (Å²) in [6, 6.07) is 0.607. The summed E-state index contributed by atoms with van der Waals surface area (Å²) in [5.74, 6) is 0. The van der Waals surface area contributed by atoms with Gasteiger partial charge in [0.1, 0.15) is 0 Å². The van der Waals surface area contributed by atoms with Crippen molar-refractivity contribution in [3.63, 3.8) is 0 Å². The normalized spacial score (nSPS) is 12.4. The molecule has 0 spiro atoms. The number of nitrogens with one attached hydrogen (secondary N) is 2. The van der Waals surface area contributed by atoms with Crippen LogP contribution in [0, 0.1) is 5.41 Å². The molecule has 0 aliphatic rings. The summed E-state index contributed by atoms with van der Waals surface area (Å²) in [5.41, 5.74) is 0.339. The molecular formula is C14H32N2O. The molecule has 0 unspecified atom stereocenters. The molecule has 17 heavy (non-hydrogen) atoms. The van der Waals surface area contributed by atoms with Crippen LogP contribution in [0.4, 0.5) is 0 Å². The van der Waals surface area contributed by atoms with Crippen LogP contribution in [-0.2, 0) is 4.74 Å². The van der Waals surface area contributed by atoms with Gasteiger partial charge in [-0.2, -0.15) is 0 Å². The van der Waals surface area contributed by atoms with Crippen molar-refractivity contribution in [2.24, 2.45) is 5.41 Å². The van der Waals surface area contributed by atoms with Crippen LogP contribution in [0.5, 0.6) is 0 Å². The van der Waals surface area contributed by atoms with Crippen LogP contribution < -0.4 is 10.6 Å². The Hall–Kier alpha value is -0.120. The zero-order chi connectivity index (χ0) is 13.1. The lowest BCUT2D eigenvalue weighted by Gasteiger charge is -2.24. The zero-order valence-electron chi connectivity index (χ0n) is 12.4. The minimum absolute atomic E-state index is 0.339. The van der Waals surface area contributed by atoms with E-state index in [0.29, 0.717) is 11.5 Å². The average molecular weight is 244 g/mol. The lowest BCUT2D eigenvalue weighted by atomic mass is 9.90. The highest BCUT2D eigenvalue weighted by atomic mass is 16.5. The van der Waals surface area contributed by atoms with Crippen LogP contribution in [0.1, 0.15) is 47.0 Å². The van der Waals surface area contributed by atoms with Crippen molar-refractivity contribution >= 4 is 0 Å². The number of hydrogen-bond donors (Lipinski definition) is 2. The molecule has 3 nitrogen and oxygen atoms in total. The maximum atomic E-state index is 5.12. The summed E-state index contributed by atoms with van der Waals surface area (Å²) in [7, 11) is 1.77. The highest BCUT2D eigenvalue weighted by Crippen LogP contribution is 2.18. The Morgan fingerprint density at radius 1 is 1.12 bits per heavy atom. The maximum absolute atomic E-state index is 5.12. The van der Waals surface area contributed by atoms with E-state index in [1.807, 2.05) is 0 Å². The molecule has 0 radical (unpaired) electrons. The fourth-order valence-corrected chi connectivity index (χ4v) is 1.66. The van der Waals surface area contributed by atoms with Crippen LogP contribution in [0.25, 0.3) is 0 Å². The molecule has 0 heterocycles. The monoisotopic (exact) mass is 244 g/mol. The zero-order valence-corrected chi connectivity index (χ0v) is 12.4. The third-order valence-corrected chi connectivity index (χ3v) is 2.92. The van der Waals surface area contributed by atoms with E-state index in [9.17, 15) is 0 Å². The van der Waals surface area contributed by atoms with E-state index in [1.54, 1.807) is 7.11 Å². The fourth-order valence-electron chi connectivity index (χ4n) is 1.66. The highest BCUT2D eigenvalue weighted by molar-refractivity contribution is 4.71. The second-order valence-corrected chi connectivity index (χ2v) is 5.90. The Morgan fingerprint density at radius 2 is 1.76 bits per heavy atom. The van der Waals surface area contributed by atoms with E-state index in [1.165, 1.54) is 12.8 Å². The van der Waals surface area contributed by atoms with E-state index in [0.717, 1.165) is 32.7 Å². The smallest absolute Gasteiger partial charge is 0.0467 e. The van der Waals surface area contributed by atoms with Gasteiger partial charge in [0.15, 0.2) is 0 Å². The SMILES string of the molecule is COCCC(C)(C)CNCCCCNC(C)C. The van der Waals surface area contributed by atoms with Gasteiger partial charge >= 0.3 is 0 Å². The summed E-state index contributed by atoms with van der Waals surface area (Å²) in [5, 5.41) is 6.98. The minimum Gasteiger partial charge on any atom is -0.385 e. The molecule has 0 bridgehead atoms. The first-order valence-corrected chi connectivity index (χ1v) is 6.91. The lowest BCUT2D eigenvalue weighted by Crippen LogP contribution is -2.31. The van der Waals surface area contributed by atoms with Crippen molar-refractivity contribution in [3.05, 3.63) is 0 Å². The highest BCUT2D eigenvalue weighted by Gasteiger charge is 2.16. The molecule has 0 rings (SSSR count). The molecule has 104 valence electrons. The van der Waals surface area contributed by atoms with Crippen molar-refractivity contribution in [3.8, 4) is 0 Å². The van der Waals surface area contributed by atoms with Crippen LogP contribution in [0.3, 0.4) is 0 Å². The predicted octanol–water partition coefficient (Wildman–Crippen LogP) is 2.42. The van der Waals surface area contributed by atoms with Gasteiger partial charge in [-0.05, 0) is 37.8 Å². The van der Waals surface area contributed by atoms with Gasteiger partial charge < -0.3 is 15.4 Å². The number of ether oxygens (including phenoxy) is 1. The van der Waals surface area contributed by atoms with Gasteiger partial charge in [0.25, 0.3) is 0 Å². The quantitative estimate of drug-likeness (QED) is 0.548. The molecule has 0 fully saturated rings. The molecule has 0 atom stereocenters. The first-order valence-electron chi connectivity index (χ1n) is 6.91. The van der Waals surface area contributed by atoms with Gasteiger partial charge in [0.2, 0.25) is 0 Å². The Morgan fingerprint density at radius 3 is 2.35 bits per heavy atom. The van der Waals surface area contributed by atoms with Gasteiger partial charge in [0, 0.05) is 26.3 Å². The van der Waals surface area contributed by atoms with Crippen LogP contribution in [-0.4, -0.2) is 39.4 Å². The van der Waals surface area contributed by atoms with Crippen LogP contribution in [0.15, 0.2) is 0 Å². The van der Waals surface area contributed by atoms with E-state index in [-0.39, 0.29) is 0 Å². The van der Waals surface area contributed by atoms with Gasteiger partial charge in [0.05, 0.1) is 0 Å². The van der Waals surface area contributed by atoms with Crippen LogP contribution in [0.2, 0.25) is 0 Å². The topological polar surface area (TPSA) is 33.3 Å². The number of unbranched alkanes of at least 4 members (excludes halogenated alkanes) is 1. The lowest BCUT2D eigenvalue weighted by molar-refractivity contribution is 0.151. The van der Waals surface area contributed by atoms with Crippen molar-refractivity contribution in [2.75, 3.05) is 33.4 Å². The third-order valence-electron chi connectivity index (χ3n) is 2.92. The summed E-state index contributed by atoms with van der Waals surface area (Å²) in [4.78, 5) is 0. The molecule has 0 aromatic carbocycles. The number of hydrogen-bond acceptors (Lipinski definition) is 3. The van der Waals surface area contributed by atoms with Crippen molar-refractivity contribution < 1.29 is 4.74 Å². The second-order valence-electron chi connectivity index (χ2n) is 5.90.